The molecule has 0 bridgehead atoms. The van der Waals surface area contributed by atoms with Crippen molar-refractivity contribution in [3.63, 3.8) is 0 Å². The van der Waals surface area contributed by atoms with E-state index in [2.05, 4.69) is 15.5 Å². The molecule has 1 fully saturated rings. The average molecular weight is 299 g/mol. The third-order valence-electron chi connectivity index (χ3n) is 3.24. The van der Waals surface area contributed by atoms with Crippen LogP contribution in [-0.4, -0.2) is 27.8 Å². The quantitative estimate of drug-likeness (QED) is 0.614. The fourth-order valence-electron chi connectivity index (χ4n) is 2.23. The third kappa shape index (κ3) is 5.48. The average Bonchev–Trinajstić information content (AvgIpc) is 2.83. The maximum Gasteiger partial charge on any atom is 0.206 e. The summed E-state index contributed by atoms with van der Waals surface area (Å²) < 4.78 is 1.00. The van der Waals surface area contributed by atoms with Gasteiger partial charge < -0.3 is 10.1 Å². The highest BCUT2D eigenvalue weighted by Gasteiger charge is 2.15. The Balaban J connectivity index is 1.70. The number of Topliss-reactive ketones (excluding diaryl/α,β-unsaturated/α-hetero) is 1. The van der Waals surface area contributed by atoms with Gasteiger partial charge in [-0.05, 0) is 26.2 Å². The molecule has 1 saturated carbocycles. The highest BCUT2D eigenvalue weighted by molar-refractivity contribution is 8.01. The van der Waals surface area contributed by atoms with Crippen molar-refractivity contribution in [2.75, 3.05) is 11.1 Å². The molecule has 19 heavy (non-hydrogen) atoms. The van der Waals surface area contributed by atoms with Crippen molar-refractivity contribution in [3.05, 3.63) is 0 Å². The number of nitrogens with one attached hydrogen (secondary N) is 1. The number of carbonyl (C=O) groups is 1. The molecule has 0 unspecified atom stereocenters. The summed E-state index contributed by atoms with van der Waals surface area (Å²) in [5.41, 5.74) is 0. The van der Waals surface area contributed by atoms with Gasteiger partial charge in [0.05, 0.1) is 0 Å². The molecule has 0 aliphatic heterocycles. The molecule has 1 aromatic heterocycles. The predicted octanol–water partition coefficient (Wildman–Crippen LogP) is 3.74. The standard InChI is InChI=1S/C13H21N3OS2/c1-10(17)6-5-9-18-13-16-15-12(19-13)14-11-7-3-2-4-8-11/h11H,2-9H2,1H3,(H,14,15). The molecule has 106 valence electrons. The number of carbonyl (C=O) groups excluding carboxylic acids is 1. The molecule has 0 saturated heterocycles. The Hall–Kier alpha value is -0.620. The van der Waals surface area contributed by atoms with E-state index in [0.717, 1.165) is 21.6 Å². The molecule has 1 aromatic rings. The normalized spacial score (nSPS) is 16.5. The Labute approximate surface area is 122 Å². The first-order valence-corrected chi connectivity index (χ1v) is 8.76. The van der Waals surface area contributed by atoms with Crippen LogP contribution in [0.3, 0.4) is 0 Å². The van der Waals surface area contributed by atoms with E-state index in [1.165, 1.54) is 32.1 Å². The lowest BCUT2D eigenvalue weighted by Gasteiger charge is -2.21. The summed E-state index contributed by atoms with van der Waals surface area (Å²) >= 11 is 3.33. The topological polar surface area (TPSA) is 54.9 Å². The van der Waals surface area contributed by atoms with Crippen LogP contribution >= 0.6 is 23.1 Å². The van der Waals surface area contributed by atoms with E-state index in [1.54, 1.807) is 30.0 Å². The highest BCUT2D eigenvalue weighted by atomic mass is 32.2. The van der Waals surface area contributed by atoms with Crippen molar-refractivity contribution in [1.82, 2.24) is 10.2 Å². The van der Waals surface area contributed by atoms with Crippen LogP contribution < -0.4 is 5.32 Å². The van der Waals surface area contributed by atoms with E-state index >= 15 is 0 Å². The first kappa shape index (κ1) is 14.8. The number of aromatic nitrogens is 2. The second-order valence-corrected chi connectivity index (χ2v) is 7.33. The summed E-state index contributed by atoms with van der Waals surface area (Å²) in [7, 11) is 0. The van der Waals surface area contributed by atoms with Crippen molar-refractivity contribution < 1.29 is 4.79 Å². The molecule has 1 aliphatic rings. The summed E-state index contributed by atoms with van der Waals surface area (Å²) in [5.74, 6) is 1.20. The van der Waals surface area contributed by atoms with Gasteiger partial charge in [-0.1, -0.05) is 42.4 Å². The van der Waals surface area contributed by atoms with E-state index in [-0.39, 0.29) is 5.78 Å². The SMILES string of the molecule is CC(=O)CCCSc1nnc(NC2CCCCC2)s1. The van der Waals surface area contributed by atoms with Crippen LogP contribution in [0.15, 0.2) is 4.34 Å². The van der Waals surface area contributed by atoms with E-state index < -0.39 is 0 Å². The molecular formula is C13H21N3OS2. The largest absolute Gasteiger partial charge is 0.357 e. The van der Waals surface area contributed by atoms with Crippen molar-refractivity contribution in [2.45, 2.75) is 62.3 Å². The Kier molecular flexibility index (Phi) is 6.10. The molecule has 1 heterocycles. The minimum atomic E-state index is 0.262. The molecule has 0 amide bonds. The van der Waals surface area contributed by atoms with Crippen LogP contribution in [0.4, 0.5) is 5.13 Å². The minimum absolute atomic E-state index is 0.262. The summed E-state index contributed by atoms with van der Waals surface area (Å²) in [5, 5.41) is 12.8. The zero-order chi connectivity index (χ0) is 13.5. The third-order valence-corrected chi connectivity index (χ3v) is 5.31. The summed E-state index contributed by atoms with van der Waals surface area (Å²) in [6.07, 6.45) is 8.10. The Morgan fingerprint density at radius 3 is 2.89 bits per heavy atom. The van der Waals surface area contributed by atoms with Gasteiger partial charge in [0.1, 0.15) is 5.78 Å². The van der Waals surface area contributed by atoms with Crippen LogP contribution in [-0.2, 0) is 4.79 Å². The second-order valence-electron chi connectivity index (χ2n) is 5.01. The maximum atomic E-state index is 10.8. The number of nitrogens with zero attached hydrogens (tertiary/aromatic N) is 2. The fraction of sp³-hybridized carbons (Fsp3) is 0.769. The molecule has 2 rings (SSSR count). The van der Waals surface area contributed by atoms with Crippen molar-refractivity contribution in [1.29, 1.82) is 0 Å². The van der Waals surface area contributed by atoms with Gasteiger partial charge in [0.25, 0.3) is 0 Å². The predicted molar refractivity (Wildman–Crippen MR) is 81.0 cm³/mol. The van der Waals surface area contributed by atoms with Gasteiger partial charge in [0.15, 0.2) is 4.34 Å². The highest BCUT2D eigenvalue weighted by Crippen LogP contribution is 2.28. The number of hydrogen-bond acceptors (Lipinski definition) is 6. The van der Waals surface area contributed by atoms with E-state index in [0.29, 0.717) is 12.5 Å². The first-order chi connectivity index (χ1) is 9.24. The second kappa shape index (κ2) is 7.85. The monoisotopic (exact) mass is 299 g/mol. The van der Waals surface area contributed by atoms with Gasteiger partial charge in [-0.2, -0.15) is 0 Å². The van der Waals surface area contributed by atoms with Crippen LogP contribution in [0, 0.1) is 0 Å². The molecule has 6 heteroatoms. The molecule has 1 aliphatic carbocycles. The van der Waals surface area contributed by atoms with Crippen molar-refractivity contribution >= 4 is 34.0 Å². The molecule has 4 nitrogen and oxygen atoms in total. The van der Waals surface area contributed by atoms with Gasteiger partial charge >= 0.3 is 0 Å². The minimum Gasteiger partial charge on any atom is -0.357 e. The fourth-order valence-corrected chi connectivity index (χ4v) is 4.07. The lowest BCUT2D eigenvalue weighted by atomic mass is 9.96. The zero-order valence-electron chi connectivity index (χ0n) is 11.4. The van der Waals surface area contributed by atoms with Gasteiger partial charge in [0, 0.05) is 18.2 Å². The molecular weight excluding hydrogens is 278 g/mol. The molecule has 1 N–H and O–H groups in total. The number of ketones is 1. The smallest absolute Gasteiger partial charge is 0.206 e. The number of thioether (sulfide) groups is 1. The molecule has 0 aromatic carbocycles. The number of hydrogen-bond donors (Lipinski definition) is 1. The molecule has 0 spiro atoms. The van der Waals surface area contributed by atoms with Crippen molar-refractivity contribution in [2.24, 2.45) is 0 Å². The lowest BCUT2D eigenvalue weighted by molar-refractivity contribution is -0.117. The van der Waals surface area contributed by atoms with E-state index in [4.69, 9.17) is 0 Å². The van der Waals surface area contributed by atoms with Gasteiger partial charge in [0.2, 0.25) is 5.13 Å². The number of anilines is 1. The number of rotatable bonds is 7. The molecule has 0 atom stereocenters. The summed E-state index contributed by atoms with van der Waals surface area (Å²) in [6, 6.07) is 0.581. The first-order valence-electron chi connectivity index (χ1n) is 6.96. The van der Waals surface area contributed by atoms with E-state index in [1.807, 2.05) is 0 Å². The lowest BCUT2D eigenvalue weighted by Crippen LogP contribution is -2.21. The summed E-state index contributed by atoms with van der Waals surface area (Å²) in [4.78, 5) is 10.8. The Morgan fingerprint density at radius 1 is 1.37 bits per heavy atom. The summed E-state index contributed by atoms with van der Waals surface area (Å²) in [6.45, 7) is 1.64. The zero-order valence-corrected chi connectivity index (χ0v) is 13.0. The Bertz CT molecular complexity index is 402. The van der Waals surface area contributed by atoms with Crippen LogP contribution in [0.2, 0.25) is 0 Å². The van der Waals surface area contributed by atoms with Crippen molar-refractivity contribution in [3.8, 4) is 0 Å². The van der Waals surface area contributed by atoms with Crippen LogP contribution in [0.5, 0.6) is 0 Å². The Morgan fingerprint density at radius 2 is 2.16 bits per heavy atom. The van der Waals surface area contributed by atoms with E-state index in [9.17, 15) is 4.79 Å². The molecule has 0 radical (unpaired) electrons. The van der Waals surface area contributed by atoms with Crippen LogP contribution in [0.1, 0.15) is 51.9 Å². The van der Waals surface area contributed by atoms with Crippen LogP contribution in [0.25, 0.3) is 0 Å². The van der Waals surface area contributed by atoms with Gasteiger partial charge in [-0.15, -0.1) is 10.2 Å². The maximum absolute atomic E-state index is 10.8. The van der Waals surface area contributed by atoms with Gasteiger partial charge in [-0.3, -0.25) is 0 Å². The van der Waals surface area contributed by atoms with Gasteiger partial charge in [-0.25, -0.2) is 0 Å².